The molecule has 0 nitrogen and oxygen atoms in total. The summed E-state index contributed by atoms with van der Waals surface area (Å²) >= 11 is 0. The van der Waals surface area contributed by atoms with Crippen molar-refractivity contribution in [1.29, 1.82) is 0 Å². The quantitative estimate of drug-likeness (QED) is 0.523. The van der Waals surface area contributed by atoms with Gasteiger partial charge in [0.15, 0.2) is 0 Å². The predicted molar refractivity (Wildman–Crippen MR) is 94.5 cm³/mol. The lowest BCUT2D eigenvalue weighted by Crippen LogP contribution is -2.12. The molecule has 1 saturated carbocycles. The summed E-state index contributed by atoms with van der Waals surface area (Å²) in [5, 5.41) is 0. The molecule has 2 rings (SSSR count). The number of rotatable bonds is 5. The molecule has 0 spiro atoms. The Balaban J connectivity index is 1.93. The van der Waals surface area contributed by atoms with E-state index in [0.29, 0.717) is 0 Å². The highest BCUT2D eigenvalue weighted by molar-refractivity contribution is 5.52. The second-order valence-electron chi connectivity index (χ2n) is 6.20. The van der Waals surface area contributed by atoms with E-state index in [4.69, 9.17) is 0 Å². The first-order chi connectivity index (χ1) is 10.7. The van der Waals surface area contributed by atoms with Crippen molar-refractivity contribution in [3.63, 3.8) is 0 Å². The van der Waals surface area contributed by atoms with Gasteiger partial charge in [-0.3, -0.25) is 0 Å². The van der Waals surface area contributed by atoms with Crippen molar-refractivity contribution in [3.05, 3.63) is 65.5 Å². The molecular weight excluding hydrogens is 271 g/mol. The van der Waals surface area contributed by atoms with Crippen LogP contribution in [-0.4, -0.2) is 0 Å². The molecule has 1 aromatic carbocycles. The summed E-state index contributed by atoms with van der Waals surface area (Å²) in [5.41, 5.74) is 2.58. The van der Waals surface area contributed by atoms with Gasteiger partial charge in [0.05, 0.1) is 0 Å². The maximum atomic E-state index is 13.2. The van der Waals surface area contributed by atoms with Gasteiger partial charge >= 0.3 is 0 Å². The number of benzene rings is 1. The minimum Gasteiger partial charge on any atom is -0.207 e. The van der Waals surface area contributed by atoms with Crippen LogP contribution in [0.4, 0.5) is 4.39 Å². The molecule has 0 atom stereocenters. The highest BCUT2D eigenvalue weighted by Crippen LogP contribution is 2.36. The van der Waals surface area contributed by atoms with E-state index in [2.05, 4.69) is 31.2 Å². The highest BCUT2D eigenvalue weighted by atomic mass is 19.1. The summed E-state index contributed by atoms with van der Waals surface area (Å²) in [7, 11) is 0. The van der Waals surface area contributed by atoms with Gasteiger partial charge < -0.3 is 0 Å². The van der Waals surface area contributed by atoms with Crippen molar-refractivity contribution in [3.8, 4) is 0 Å². The Labute approximate surface area is 134 Å². The molecule has 1 aliphatic carbocycles. The molecule has 0 radical (unpaired) electrons. The Bertz CT molecular complexity index is 526. The maximum Gasteiger partial charge on any atom is 0.122 e. The summed E-state index contributed by atoms with van der Waals surface area (Å²) in [4.78, 5) is 0. The van der Waals surface area contributed by atoms with Crippen LogP contribution in [0.2, 0.25) is 0 Å². The molecule has 0 aromatic heterocycles. The van der Waals surface area contributed by atoms with Crippen molar-refractivity contribution in [2.24, 2.45) is 5.92 Å². The molecule has 0 saturated heterocycles. The lowest BCUT2D eigenvalue weighted by molar-refractivity contribution is 0.319. The third-order valence-electron chi connectivity index (χ3n) is 4.70. The molecule has 0 N–H and O–H groups in total. The van der Waals surface area contributed by atoms with Crippen LogP contribution in [0.3, 0.4) is 0 Å². The van der Waals surface area contributed by atoms with Crippen molar-refractivity contribution in [2.75, 3.05) is 0 Å². The zero-order chi connectivity index (χ0) is 15.8. The van der Waals surface area contributed by atoms with Crippen LogP contribution in [0, 0.1) is 5.92 Å². The van der Waals surface area contributed by atoms with Crippen LogP contribution in [0.25, 0.3) is 6.08 Å². The van der Waals surface area contributed by atoms with Gasteiger partial charge in [-0.25, -0.2) is 4.39 Å². The zero-order valence-electron chi connectivity index (χ0n) is 13.8. The van der Waals surface area contributed by atoms with Gasteiger partial charge in [0, 0.05) is 0 Å². The largest absolute Gasteiger partial charge is 0.207 e. The molecule has 1 heteroatoms. The van der Waals surface area contributed by atoms with Crippen LogP contribution in [0.1, 0.15) is 63.0 Å². The first-order valence-electron chi connectivity index (χ1n) is 8.49. The van der Waals surface area contributed by atoms with Gasteiger partial charge in [-0.2, -0.15) is 0 Å². The fraction of sp³-hybridized carbons (Fsp3) is 0.429. The van der Waals surface area contributed by atoms with Crippen LogP contribution in [0.5, 0.6) is 0 Å². The molecule has 0 aliphatic heterocycles. The Morgan fingerprint density at radius 2 is 1.82 bits per heavy atom. The first kappa shape index (κ1) is 16.7. The molecular formula is C21H27F. The SMILES string of the molecule is C\C=C/C(F)=C\C=C\c1ccc(C2CCC(CC)CC2)cc1. The average Bonchev–Trinajstić information content (AvgIpc) is 2.56. The summed E-state index contributed by atoms with van der Waals surface area (Å²) in [6, 6.07) is 8.75. The first-order valence-corrected chi connectivity index (χ1v) is 8.49. The van der Waals surface area contributed by atoms with Gasteiger partial charge in [-0.15, -0.1) is 0 Å². The molecule has 0 unspecified atom stereocenters. The zero-order valence-corrected chi connectivity index (χ0v) is 13.8. The van der Waals surface area contributed by atoms with E-state index in [1.807, 2.05) is 13.0 Å². The van der Waals surface area contributed by atoms with E-state index in [9.17, 15) is 4.39 Å². The van der Waals surface area contributed by atoms with Gasteiger partial charge in [0.1, 0.15) is 5.83 Å². The number of allylic oxidation sites excluding steroid dienone is 5. The van der Waals surface area contributed by atoms with E-state index in [-0.39, 0.29) is 5.83 Å². The molecule has 1 fully saturated rings. The number of halogens is 1. The fourth-order valence-electron chi connectivity index (χ4n) is 3.25. The van der Waals surface area contributed by atoms with Crippen molar-refractivity contribution in [2.45, 2.75) is 51.9 Å². The van der Waals surface area contributed by atoms with Crippen LogP contribution in [-0.2, 0) is 0 Å². The Morgan fingerprint density at radius 3 is 2.41 bits per heavy atom. The minimum atomic E-state index is -0.219. The lowest BCUT2D eigenvalue weighted by Gasteiger charge is -2.28. The molecule has 118 valence electrons. The van der Waals surface area contributed by atoms with Gasteiger partial charge in [-0.1, -0.05) is 55.8 Å². The normalized spacial score (nSPS) is 23.5. The van der Waals surface area contributed by atoms with Crippen LogP contribution in [0.15, 0.2) is 54.4 Å². The lowest BCUT2D eigenvalue weighted by atomic mass is 9.78. The van der Waals surface area contributed by atoms with Crippen LogP contribution >= 0.6 is 0 Å². The van der Waals surface area contributed by atoms with E-state index < -0.39 is 0 Å². The molecule has 22 heavy (non-hydrogen) atoms. The Hall–Kier alpha value is -1.63. The molecule has 1 aliphatic rings. The smallest absolute Gasteiger partial charge is 0.122 e. The molecule has 0 heterocycles. The molecule has 0 bridgehead atoms. The fourth-order valence-corrected chi connectivity index (χ4v) is 3.25. The second-order valence-corrected chi connectivity index (χ2v) is 6.20. The molecule has 0 amide bonds. The van der Waals surface area contributed by atoms with Gasteiger partial charge in [0.25, 0.3) is 0 Å². The second kappa shape index (κ2) is 8.73. The Kier molecular flexibility index (Phi) is 6.64. The summed E-state index contributed by atoms with van der Waals surface area (Å²) in [6.45, 7) is 4.11. The van der Waals surface area contributed by atoms with E-state index in [1.54, 1.807) is 12.2 Å². The monoisotopic (exact) mass is 298 g/mol. The highest BCUT2D eigenvalue weighted by Gasteiger charge is 2.20. The third-order valence-corrected chi connectivity index (χ3v) is 4.70. The Morgan fingerprint density at radius 1 is 1.14 bits per heavy atom. The summed E-state index contributed by atoms with van der Waals surface area (Å²) < 4.78 is 13.2. The van der Waals surface area contributed by atoms with Crippen molar-refractivity contribution < 1.29 is 4.39 Å². The van der Waals surface area contributed by atoms with E-state index >= 15 is 0 Å². The predicted octanol–water partition coefficient (Wildman–Crippen LogP) is 6.81. The average molecular weight is 298 g/mol. The number of hydrogen-bond donors (Lipinski definition) is 0. The summed E-state index contributed by atoms with van der Waals surface area (Å²) in [6.07, 6.45) is 15.1. The van der Waals surface area contributed by atoms with E-state index in [1.165, 1.54) is 49.8 Å². The topological polar surface area (TPSA) is 0 Å². The van der Waals surface area contributed by atoms with E-state index in [0.717, 1.165) is 17.4 Å². The standard InChI is InChI=1S/C21H27F/c1-3-6-21(22)8-5-7-18-11-15-20(16-12-18)19-13-9-17(4-2)10-14-19/h3,5-8,11-12,15-17,19H,4,9-10,13-14H2,1-2H3/b6-3-,7-5+,21-8+. The summed E-state index contributed by atoms with van der Waals surface area (Å²) in [5.74, 6) is 1.45. The molecule has 1 aromatic rings. The number of hydrogen-bond acceptors (Lipinski definition) is 0. The maximum absolute atomic E-state index is 13.2. The third kappa shape index (κ3) is 4.98. The van der Waals surface area contributed by atoms with Crippen molar-refractivity contribution >= 4 is 6.08 Å². The van der Waals surface area contributed by atoms with Gasteiger partial charge in [0.2, 0.25) is 0 Å². The van der Waals surface area contributed by atoms with Gasteiger partial charge in [-0.05, 0) is 67.7 Å². The van der Waals surface area contributed by atoms with Crippen LogP contribution < -0.4 is 0 Å². The van der Waals surface area contributed by atoms with Crippen molar-refractivity contribution in [1.82, 2.24) is 0 Å². The minimum absolute atomic E-state index is 0.219.